The molecular formula is C13H19FN2O3. The van der Waals surface area contributed by atoms with Crippen molar-refractivity contribution in [1.82, 2.24) is 10.8 Å². The minimum Gasteiger partial charge on any atom is -0.394 e. The Morgan fingerprint density at radius 2 is 1.95 bits per heavy atom. The average Bonchev–Trinajstić information content (AvgIpc) is 2.38. The molecule has 5 nitrogen and oxygen atoms in total. The monoisotopic (exact) mass is 270 g/mol. The van der Waals surface area contributed by atoms with Gasteiger partial charge in [-0.2, -0.15) is 0 Å². The van der Waals surface area contributed by atoms with Crippen LogP contribution >= 0.6 is 0 Å². The molecule has 0 radical (unpaired) electrons. The van der Waals surface area contributed by atoms with Crippen molar-refractivity contribution in [3.8, 4) is 0 Å². The van der Waals surface area contributed by atoms with Crippen LogP contribution < -0.4 is 10.8 Å². The van der Waals surface area contributed by atoms with E-state index in [1.165, 1.54) is 19.1 Å². The molecule has 0 aliphatic rings. The third kappa shape index (κ3) is 5.98. The number of carbonyl (C=O) groups is 1. The largest absolute Gasteiger partial charge is 0.394 e. The van der Waals surface area contributed by atoms with Crippen molar-refractivity contribution < 1.29 is 19.1 Å². The number of hydroxylamine groups is 1. The number of rotatable bonds is 8. The van der Waals surface area contributed by atoms with Gasteiger partial charge in [-0.05, 0) is 19.9 Å². The minimum absolute atomic E-state index is 0.0101. The van der Waals surface area contributed by atoms with E-state index in [-0.39, 0.29) is 30.2 Å². The Hall–Kier alpha value is -1.92. The standard InChI is InChI=1S/C13H19FN2O3/c1-5-11(13(18)16-19-8-7-17)9(3)15-10(4)12(14)6-2/h5-6,15,17H,3-4,7-8H2,1-2H3,(H,16,18)/b11-5+,12-6+. The van der Waals surface area contributed by atoms with Crippen LogP contribution in [0.4, 0.5) is 4.39 Å². The van der Waals surface area contributed by atoms with Crippen LogP contribution in [0.25, 0.3) is 0 Å². The smallest absolute Gasteiger partial charge is 0.276 e. The van der Waals surface area contributed by atoms with Gasteiger partial charge in [0.05, 0.1) is 24.5 Å². The van der Waals surface area contributed by atoms with Crippen LogP contribution in [-0.4, -0.2) is 24.2 Å². The summed E-state index contributed by atoms with van der Waals surface area (Å²) in [5.74, 6) is -1.09. The first-order chi connectivity index (χ1) is 8.97. The molecular weight excluding hydrogens is 251 g/mol. The predicted octanol–water partition coefficient (Wildman–Crippen LogP) is 1.46. The van der Waals surface area contributed by atoms with Crippen molar-refractivity contribution in [2.24, 2.45) is 0 Å². The second-order valence-corrected chi connectivity index (χ2v) is 3.42. The summed E-state index contributed by atoms with van der Waals surface area (Å²) < 4.78 is 13.2. The molecule has 0 bridgehead atoms. The number of carbonyl (C=O) groups excluding carboxylic acids is 1. The van der Waals surface area contributed by atoms with Gasteiger partial charge in [-0.1, -0.05) is 19.2 Å². The second kappa shape index (κ2) is 9.07. The Morgan fingerprint density at radius 1 is 1.32 bits per heavy atom. The Morgan fingerprint density at radius 3 is 2.42 bits per heavy atom. The number of aliphatic hydroxyl groups is 1. The zero-order valence-electron chi connectivity index (χ0n) is 11.1. The van der Waals surface area contributed by atoms with Crippen molar-refractivity contribution in [1.29, 1.82) is 0 Å². The summed E-state index contributed by atoms with van der Waals surface area (Å²) in [4.78, 5) is 16.4. The highest BCUT2D eigenvalue weighted by atomic mass is 19.1. The molecule has 0 atom stereocenters. The van der Waals surface area contributed by atoms with E-state index in [1.54, 1.807) is 6.92 Å². The lowest BCUT2D eigenvalue weighted by Crippen LogP contribution is -2.29. The maximum absolute atomic E-state index is 13.2. The van der Waals surface area contributed by atoms with Gasteiger partial charge in [0.2, 0.25) is 0 Å². The summed E-state index contributed by atoms with van der Waals surface area (Å²) >= 11 is 0. The number of nitrogens with one attached hydrogen (secondary N) is 2. The average molecular weight is 270 g/mol. The number of hydrogen-bond acceptors (Lipinski definition) is 4. The molecule has 0 saturated carbocycles. The van der Waals surface area contributed by atoms with Crippen molar-refractivity contribution in [2.45, 2.75) is 13.8 Å². The predicted molar refractivity (Wildman–Crippen MR) is 71.2 cm³/mol. The fraction of sp³-hybridized carbons (Fsp3) is 0.308. The lowest BCUT2D eigenvalue weighted by atomic mass is 10.2. The van der Waals surface area contributed by atoms with E-state index >= 15 is 0 Å². The van der Waals surface area contributed by atoms with Crippen molar-refractivity contribution >= 4 is 5.91 Å². The zero-order valence-corrected chi connectivity index (χ0v) is 11.1. The third-order valence-corrected chi connectivity index (χ3v) is 2.06. The van der Waals surface area contributed by atoms with Crippen LogP contribution in [0.5, 0.6) is 0 Å². The third-order valence-electron chi connectivity index (χ3n) is 2.06. The van der Waals surface area contributed by atoms with Crippen LogP contribution in [0, 0.1) is 0 Å². The van der Waals surface area contributed by atoms with Gasteiger partial charge in [-0.15, -0.1) is 0 Å². The second-order valence-electron chi connectivity index (χ2n) is 3.42. The highest BCUT2D eigenvalue weighted by molar-refractivity contribution is 5.96. The van der Waals surface area contributed by atoms with E-state index in [0.717, 1.165) is 0 Å². The van der Waals surface area contributed by atoms with Crippen LogP contribution in [0.3, 0.4) is 0 Å². The van der Waals surface area contributed by atoms with Gasteiger partial charge >= 0.3 is 0 Å². The number of allylic oxidation sites excluding steroid dienone is 3. The molecule has 0 unspecified atom stereocenters. The molecule has 6 heteroatoms. The highest BCUT2D eigenvalue weighted by Gasteiger charge is 2.13. The van der Waals surface area contributed by atoms with E-state index in [2.05, 4.69) is 28.8 Å². The van der Waals surface area contributed by atoms with E-state index in [0.29, 0.717) is 0 Å². The van der Waals surface area contributed by atoms with Crippen molar-refractivity contribution in [2.75, 3.05) is 13.2 Å². The van der Waals surface area contributed by atoms with E-state index in [4.69, 9.17) is 5.11 Å². The molecule has 0 heterocycles. The molecule has 0 spiro atoms. The normalized spacial score (nSPS) is 12.0. The molecule has 19 heavy (non-hydrogen) atoms. The van der Waals surface area contributed by atoms with Crippen molar-refractivity contribution in [3.63, 3.8) is 0 Å². The van der Waals surface area contributed by atoms with Crippen molar-refractivity contribution in [3.05, 3.63) is 48.1 Å². The maximum Gasteiger partial charge on any atom is 0.276 e. The summed E-state index contributed by atoms with van der Waals surface area (Å²) in [6, 6.07) is 0. The summed E-state index contributed by atoms with van der Waals surface area (Å²) in [5, 5.41) is 11.1. The first-order valence-corrected chi connectivity index (χ1v) is 5.64. The lowest BCUT2D eigenvalue weighted by molar-refractivity contribution is -0.130. The lowest BCUT2D eigenvalue weighted by Gasteiger charge is -2.13. The minimum atomic E-state index is -0.554. The SMILES string of the molecule is C=C(NC(=C)/C(=C\C)C(=O)NOCCO)/C(F)=C\C. The molecule has 0 saturated heterocycles. The molecule has 0 aliphatic heterocycles. The molecule has 0 rings (SSSR count). The van der Waals surface area contributed by atoms with Crippen LogP contribution in [0.15, 0.2) is 48.1 Å². The summed E-state index contributed by atoms with van der Waals surface area (Å²) in [5.41, 5.74) is 2.51. The molecule has 0 aromatic carbocycles. The fourth-order valence-electron chi connectivity index (χ4n) is 1.14. The molecule has 3 N–H and O–H groups in total. The number of amides is 1. The number of halogens is 1. The Kier molecular flexibility index (Phi) is 8.15. The molecule has 0 aliphatic carbocycles. The highest BCUT2D eigenvalue weighted by Crippen LogP contribution is 2.12. The summed E-state index contributed by atoms with van der Waals surface area (Å²) in [6.07, 6.45) is 2.73. The van der Waals surface area contributed by atoms with Gasteiger partial charge in [0.1, 0.15) is 5.83 Å². The van der Waals surface area contributed by atoms with Gasteiger partial charge in [-0.3, -0.25) is 9.63 Å². The van der Waals surface area contributed by atoms with Gasteiger partial charge in [-0.25, -0.2) is 9.87 Å². The topological polar surface area (TPSA) is 70.6 Å². The molecule has 106 valence electrons. The van der Waals surface area contributed by atoms with Crippen LogP contribution in [0.2, 0.25) is 0 Å². The molecule has 0 aromatic rings. The van der Waals surface area contributed by atoms with Gasteiger partial charge < -0.3 is 10.4 Å². The first kappa shape index (κ1) is 17.1. The van der Waals surface area contributed by atoms with E-state index in [9.17, 15) is 9.18 Å². The number of hydrogen-bond donors (Lipinski definition) is 3. The maximum atomic E-state index is 13.2. The molecule has 0 aromatic heterocycles. The zero-order chi connectivity index (χ0) is 14.8. The number of aliphatic hydroxyl groups excluding tert-OH is 1. The Labute approximate surface area is 112 Å². The van der Waals surface area contributed by atoms with Crippen LogP contribution in [-0.2, 0) is 9.63 Å². The molecule has 0 fully saturated rings. The van der Waals surface area contributed by atoms with E-state index in [1.807, 2.05) is 0 Å². The van der Waals surface area contributed by atoms with Gasteiger partial charge in [0.15, 0.2) is 0 Å². The summed E-state index contributed by atoms with van der Waals surface area (Å²) in [7, 11) is 0. The van der Waals surface area contributed by atoms with E-state index < -0.39 is 11.7 Å². The Balaban J connectivity index is 4.58. The first-order valence-electron chi connectivity index (χ1n) is 5.64. The fourth-order valence-corrected chi connectivity index (χ4v) is 1.14. The van der Waals surface area contributed by atoms with Crippen LogP contribution in [0.1, 0.15) is 13.8 Å². The summed E-state index contributed by atoms with van der Waals surface area (Å²) in [6.45, 7) is 10.0. The van der Waals surface area contributed by atoms with Gasteiger partial charge in [0.25, 0.3) is 5.91 Å². The Bertz CT molecular complexity index is 414. The quantitative estimate of drug-likeness (QED) is 0.270. The molecule has 1 amide bonds. The van der Waals surface area contributed by atoms with Gasteiger partial charge in [0, 0.05) is 5.70 Å².